The van der Waals surface area contributed by atoms with E-state index >= 15 is 0 Å². The highest BCUT2D eigenvalue weighted by Gasteiger charge is 2.34. The van der Waals surface area contributed by atoms with E-state index in [9.17, 15) is 19.7 Å². The standard InChI is InChI=1S/C22H14ClN3O5S/c1-12-2-4-13(5-3-12)25-21(28)17(20(27)24-22(25)32)11-15-7-9-19(31-15)16-8-6-14(26(29)30)10-18(16)23/h2-11H,1H3,(H,24,27,32)/b17-11+. The lowest BCUT2D eigenvalue weighted by Gasteiger charge is -2.28. The number of nitrogens with one attached hydrogen (secondary N) is 1. The van der Waals surface area contributed by atoms with Crippen molar-refractivity contribution in [3.05, 3.63) is 86.6 Å². The van der Waals surface area contributed by atoms with Gasteiger partial charge in [0.05, 0.1) is 15.6 Å². The minimum Gasteiger partial charge on any atom is -0.457 e. The summed E-state index contributed by atoms with van der Waals surface area (Å²) in [7, 11) is 0. The van der Waals surface area contributed by atoms with E-state index in [4.69, 9.17) is 28.2 Å². The molecule has 0 aliphatic carbocycles. The predicted octanol–water partition coefficient (Wildman–Crippen LogP) is 4.65. The third-order valence-electron chi connectivity index (χ3n) is 4.74. The molecule has 2 heterocycles. The van der Waals surface area contributed by atoms with Crippen molar-refractivity contribution in [3.8, 4) is 11.3 Å². The van der Waals surface area contributed by atoms with Crippen LogP contribution in [-0.2, 0) is 9.59 Å². The number of nitro groups is 1. The van der Waals surface area contributed by atoms with Gasteiger partial charge in [-0.3, -0.25) is 29.9 Å². The molecule has 0 bridgehead atoms. The van der Waals surface area contributed by atoms with E-state index in [1.54, 1.807) is 24.3 Å². The van der Waals surface area contributed by atoms with Gasteiger partial charge < -0.3 is 4.42 Å². The van der Waals surface area contributed by atoms with Crippen LogP contribution in [0, 0.1) is 17.0 Å². The second-order valence-corrected chi connectivity index (χ2v) is 7.71. The molecule has 32 heavy (non-hydrogen) atoms. The van der Waals surface area contributed by atoms with Gasteiger partial charge in [-0.1, -0.05) is 29.3 Å². The highest BCUT2D eigenvalue weighted by Crippen LogP contribution is 2.33. The van der Waals surface area contributed by atoms with E-state index in [0.717, 1.165) is 5.56 Å². The van der Waals surface area contributed by atoms with Crippen LogP contribution >= 0.6 is 23.8 Å². The van der Waals surface area contributed by atoms with E-state index < -0.39 is 16.7 Å². The molecule has 10 heteroatoms. The third kappa shape index (κ3) is 4.03. The van der Waals surface area contributed by atoms with Gasteiger partial charge in [-0.25, -0.2) is 0 Å². The Morgan fingerprint density at radius 1 is 1.12 bits per heavy atom. The second-order valence-electron chi connectivity index (χ2n) is 6.92. The van der Waals surface area contributed by atoms with Gasteiger partial charge in [0.2, 0.25) is 0 Å². The normalized spacial score (nSPS) is 15.2. The summed E-state index contributed by atoms with van der Waals surface area (Å²) in [6.07, 6.45) is 1.31. The predicted molar refractivity (Wildman–Crippen MR) is 123 cm³/mol. The minimum atomic E-state index is -0.644. The molecule has 1 N–H and O–H groups in total. The van der Waals surface area contributed by atoms with Gasteiger partial charge in [0.1, 0.15) is 17.1 Å². The first kappa shape index (κ1) is 21.4. The topological polar surface area (TPSA) is 106 Å². The van der Waals surface area contributed by atoms with Crippen LogP contribution in [0.3, 0.4) is 0 Å². The summed E-state index contributed by atoms with van der Waals surface area (Å²) in [6.45, 7) is 1.92. The maximum absolute atomic E-state index is 13.1. The fourth-order valence-corrected chi connectivity index (χ4v) is 3.67. The molecule has 1 aromatic heterocycles. The number of anilines is 1. The summed E-state index contributed by atoms with van der Waals surface area (Å²) in [6, 6.07) is 14.3. The zero-order chi connectivity index (χ0) is 23.0. The lowest BCUT2D eigenvalue weighted by atomic mass is 10.1. The molecule has 160 valence electrons. The number of aryl methyl sites for hydroxylation is 1. The van der Waals surface area contributed by atoms with Crippen LogP contribution in [0.4, 0.5) is 11.4 Å². The van der Waals surface area contributed by atoms with Crippen LogP contribution in [-0.4, -0.2) is 21.9 Å². The summed E-state index contributed by atoms with van der Waals surface area (Å²) in [4.78, 5) is 37.1. The number of halogens is 1. The maximum Gasteiger partial charge on any atom is 0.270 e. The number of benzene rings is 2. The van der Waals surface area contributed by atoms with Crippen molar-refractivity contribution >= 4 is 58.2 Å². The summed E-state index contributed by atoms with van der Waals surface area (Å²) in [5, 5.41) is 13.5. The molecule has 1 aliphatic heterocycles. The average molecular weight is 468 g/mol. The Morgan fingerprint density at radius 3 is 2.50 bits per heavy atom. The van der Waals surface area contributed by atoms with E-state index in [-0.39, 0.29) is 27.2 Å². The highest BCUT2D eigenvalue weighted by atomic mass is 35.5. The summed E-state index contributed by atoms with van der Waals surface area (Å²) in [5.41, 5.74) is 1.66. The molecular formula is C22H14ClN3O5S. The second kappa shape index (κ2) is 8.37. The quantitative estimate of drug-likeness (QED) is 0.197. The van der Waals surface area contributed by atoms with Crippen molar-refractivity contribution in [1.82, 2.24) is 5.32 Å². The van der Waals surface area contributed by atoms with Crippen molar-refractivity contribution in [2.75, 3.05) is 4.90 Å². The van der Waals surface area contributed by atoms with Crippen LogP contribution < -0.4 is 10.2 Å². The molecular weight excluding hydrogens is 454 g/mol. The average Bonchev–Trinajstić information content (AvgIpc) is 3.20. The Kier molecular flexibility index (Phi) is 5.60. The first-order valence-corrected chi connectivity index (χ1v) is 10.1. The third-order valence-corrected chi connectivity index (χ3v) is 5.33. The molecule has 1 saturated heterocycles. The van der Waals surface area contributed by atoms with Crippen LogP contribution in [0.15, 0.2) is 64.6 Å². The van der Waals surface area contributed by atoms with Crippen LogP contribution in [0.5, 0.6) is 0 Å². The number of nitro benzene ring substituents is 1. The molecule has 0 radical (unpaired) electrons. The SMILES string of the molecule is Cc1ccc(N2C(=O)/C(=C/c3ccc(-c4ccc([N+](=O)[O-])cc4Cl)o3)C(=O)NC2=S)cc1. The number of nitrogens with zero attached hydrogens (tertiary/aromatic N) is 2. The Labute approximate surface area is 192 Å². The van der Waals surface area contributed by atoms with Gasteiger partial charge in [0, 0.05) is 17.7 Å². The Balaban J connectivity index is 1.66. The van der Waals surface area contributed by atoms with Gasteiger partial charge >= 0.3 is 0 Å². The van der Waals surface area contributed by atoms with Crippen LogP contribution in [0.1, 0.15) is 11.3 Å². The number of hydrogen-bond acceptors (Lipinski definition) is 6. The lowest BCUT2D eigenvalue weighted by Crippen LogP contribution is -2.54. The Hall–Kier alpha value is -3.82. The molecule has 0 spiro atoms. The van der Waals surface area contributed by atoms with Gasteiger partial charge in [0.25, 0.3) is 17.5 Å². The molecule has 0 atom stereocenters. The number of rotatable bonds is 4. The number of non-ortho nitro benzene ring substituents is 1. The fourth-order valence-electron chi connectivity index (χ4n) is 3.12. The van der Waals surface area contributed by atoms with Crippen molar-refractivity contribution in [2.45, 2.75) is 6.92 Å². The van der Waals surface area contributed by atoms with Crippen molar-refractivity contribution in [1.29, 1.82) is 0 Å². The zero-order valence-electron chi connectivity index (χ0n) is 16.5. The Morgan fingerprint density at radius 2 is 1.84 bits per heavy atom. The molecule has 1 aliphatic rings. The van der Waals surface area contributed by atoms with E-state index in [1.165, 1.54) is 29.2 Å². The van der Waals surface area contributed by atoms with Gasteiger partial charge in [0.15, 0.2) is 5.11 Å². The smallest absolute Gasteiger partial charge is 0.270 e. The molecule has 0 saturated carbocycles. The molecule has 0 unspecified atom stereocenters. The number of hydrogen-bond donors (Lipinski definition) is 1. The van der Waals surface area contributed by atoms with E-state index in [2.05, 4.69) is 5.32 Å². The lowest BCUT2D eigenvalue weighted by molar-refractivity contribution is -0.384. The van der Waals surface area contributed by atoms with Gasteiger partial charge in [-0.15, -0.1) is 0 Å². The largest absolute Gasteiger partial charge is 0.457 e. The molecule has 8 nitrogen and oxygen atoms in total. The fraction of sp³-hybridized carbons (Fsp3) is 0.0455. The maximum atomic E-state index is 13.1. The van der Waals surface area contributed by atoms with Gasteiger partial charge in [-0.2, -0.15) is 0 Å². The van der Waals surface area contributed by atoms with Crippen LogP contribution in [0.2, 0.25) is 5.02 Å². The van der Waals surface area contributed by atoms with Gasteiger partial charge in [-0.05, 0) is 55.5 Å². The number of carbonyl (C=O) groups is 2. The van der Waals surface area contributed by atoms with Crippen molar-refractivity contribution in [2.24, 2.45) is 0 Å². The van der Waals surface area contributed by atoms with Crippen molar-refractivity contribution < 1.29 is 18.9 Å². The molecule has 3 aromatic rings. The molecule has 2 amide bonds. The summed E-state index contributed by atoms with van der Waals surface area (Å²) >= 11 is 11.3. The first-order chi connectivity index (χ1) is 15.2. The summed E-state index contributed by atoms with van der Waals surface area (Å²) in [5.74, 6) is -0.681. The zero-order valence-corrected chi connectivity index (χ0v) is 18.1. The minimum absolute atomic E-state index is 0.0150. The number of carbonyl (C=O) groups excluding carboxylic acids is 2. The van der Waals surface area contributed by atoms with Crippen LogP contribution in [0.25, 0.3) is 17.4 Å². The number of furan rings is 1. The molecule has 2 aromatic carbocycles. The Bertz CT molecular complexity index is 1310. The van der Waals surface area contributed by atoms with Crippen molar-refractivity contribution in [3.63, 3.8) is 0 Å². The van der Waals surface area contributed by atoms with E-state index in [0.29, 0.717) is 17.0 Å². The molecule has 4 rings (SSSR count). The van der Waals surface area contributed by atoms with E-state index in [1.807, 2.05) is 19.1 Å². The first-order valence-electron chi connectivity index (χ1n) is 9.27. The summed E-state index contributed by atoms with van der Waals surface area (Å²) < 4.78 is 5.72. The number of thiocarbonyl (C=S) groups is 1. The molecule has 1 fully saturated rings. The monoisotopic (exact) mass is 467 g/mol. The number of amides is 2. The highest BCUT2D eigenvalue weighted by molar-refractivity contribution is 7.80.